The van der Waals surface area contributed by atoms with Gasteiger partial charge < -0.3 is 19.7 Å². The van der Waals surface area contributed by atoms with Crippen molar-refractivity contribution in [3.8, 4) is 11.5 Å². The van der Waals surface area contributed by atoms with Crippen LogP contribution in [0.2, 0.25) is 0 Å². The summed E-state index contributed by atoms with van der Waals surface area (Å²) in [6.45, 7) is 3.94. The smallest absolute Gasteiger partial charge is 0.347 e. The molecule has 0 spiro atoms. The van der Waals surface area contributed by atoms with Crippen LogP contribution in [0.3, 0.4) is 0 Å². The molecule has 1 unspecified atom stereocenters. The monoisotopic (exact) mass is 366 g/mol. The Hall–Kier alpha value is -3.12. The molecule has 138 valence electrons. The van der Waals surface area contributed by atoms with Crippen LogP contribution in [0.5, 0.6) is 11.5 Å². The molecule has 1 fully saturated rings. The molecule has 6 nitrogen and oxygen atoms in total. The molecule has 0 radical (unpaired) electrons. The number of hydrogen-bond acceptors (Lipinski definition) is 6. The maximum absolute atomic E-state index is 12.3. The number of rotatable bonds is 4. The van der Waals surface area contributed by atoms with E-state index in [-0.39, 0.29) is 34.4 Å². The number of carbonyl (C=O) groups excluding carboxylic acids is 2. The van der Waals surface area contributed by atoms with E-state index in [1.54, 1.807) is 24.3 Å². The lowest BCUT2D eigenvalue weighted by Crippen LogP contribution is -2.06. The van der Waals surface area contributed by atoms with E-state index in [1.165, 1.54) is 18.2 Å². The van der Waals surface area contributed by atoms with Crippen molar-refractivity contribution in [2.75, 3.05) is 0 Å². The van der Waals surface area contributed by atoms with Crippen LogP contribution in [0.4, 0.5) is 0 Å². The Morgan fingerprint density at radius 2 is 1.48 bits per heavy atom. The Morgan fingerprint density at radius 3 is 2.07 bits per heavy atom. The third kappa shape index (κ3) is 3.08. The van der Waals surface area contributed by atoms with Gasteiger partial charge in [-0.3, -0.25) is 0 Å². The number of hydrogen-bond donors (Lipinski definition) is 2. The molecule has 1 saturated heterocycles. The Bertz CT molecular complexity index is 984. The molecule has 0 aliphatic carbocycles. The molecule has 6 heteroatoms. The van der Waals surface area contributed by atoms with E-state index in [4.69, 9.17) is 9.47 Å². The normalized spacial score (nSPS) is 20.7. The highest BCUT2D eigenvalue weighted by molar-refractivity contribution is 6.44. The van der Waals surface area contributed by atoms with Gasteiger partial charge in [-0.15, -0.1) is 0 Å². The Morgan fingerprint density at radius 1 is 0.926 bits per heavy atom. The zero-order valence-electron chi connectivity index (χ0n) is 14.9. The molecular formula is C21H18O6. The first-order valence-corrected chi connectivity index (χ1v) is 8.56. The fourth-order valence-corrected chi connectivity index (χ4v) is 3.27. The van der Waals surface area contributed by atoms with Gasteiger partial charge in [-0.2, -0.15) is 0 Å². The van der Waals surface area contributed by atoms with Gasteiger partial charge in [-0.05, 0) is 54.8 Å². The standard InChI is InChI=1S/C21H18O6/c1-21(2)16(27-21)10-13-9-12(5-8-15(13)23)18-17(19(24)26-20(18)25)11-3-6-14(22)7-4-11/h3-9,16,22-23H,10H2,1-2H3. The topological polar surface area (TPSA) is 96.4 Å². The number of epoxide rings is 1. The second-order valence-electron chi connectivity index (χ2n) is 7.23. The van der Waals surface area contributed by atoms with Gasteiger partial charge in [0.2, 0.25) is 0 Å². The van der Waals surface area contributed by atoms with Crippen molar-refractivity contribution in [3.63, 3.8) is 0 Å². The van der Waals surface area contributed by atoms with Crippen LogP contribution < -0.4 is 0 Å². The number of ether oxygens (including phenoxy) is 2. The molecule has 1 atom stereocenters. The number of phenols is 2. The SMILES string of the molecule is CC1(C)OC1Cc1cc(C2=C(c3ccc(O)cc3)C(=O)OC2=O)ccc1O. The average Bonchev–Trinajstić information content (AvgIpc) is 3.09. The molecule has 2 aromatic carbocycles. The van der Waals surface area contributed by atoms with E-state index in [0.29, 0.717) is 23.1 Å². The third-order valence-corrected chi connectivity index (χ3v) is 4.94. The predicted molar refractivity (Wildman–Crippen MR) is 96.8 cm³/mol. The number of phenolic OH excluding ortho intramolecular Hbond substituents is 2. The van der Waals surface area contributed by atoms with E-state index in [1.807, 2.05) is 13.8 Å². The number of carbonyl (C=O) groups is 2. The number of cyclic esters (lactones) is 2. The highest BCUT2D eigenvalue weighted by Gasteiger charge is 2.47. The van der Waals surface area contributed by atoms with Crippen molar-refractivity contribution < 1.29 is 29.3 Å². The van der Waals surface area contributed by atoms with Crippen molar-refractivity contribution in [2.45, 2.75) is 32.0 Å². The molecule has 2 heterocycles. The lowest BCUT2D eigenvalue weighted by atomic mass is 9.93. The van der Waals surface area contributed by atoms with Crippen LogP contribution in [0.25, 0.3) is 11.1 Å². The number of esters is 2. The van der Waals surface area contributed by atoms with E-state index < -0.39 is 11.9 Å². The van der Waals surface area contributed by atoms with Gasteiger partial charge in [-0.25, -0.2) is 9.59 Å². The molecule has 0 saturated carbocycles. The molecule has 0 aromatic heterocycles. The summed E-state index contributed by atoms with van der Waals surface area (Å²) < 4.78 is 10.4. The summed E-state index contributed by atoms with van der Waals surface area (Å²) in [5, 5.41) is 19.6. The second-order valence-corrected chi connectivity index (χ2v) is 7.23. The van der Waals surface area contributed by atoms with Crippen LogP contribution in [0.1, 0.15) is 30.5 Å². The minimum Gasteiger partial charge on any atom is -0.508 e. The van der Waals surface area contributed by atoms with Gasteiger partial charge in [-0.1, -0.05) is 18.2 Å². The van der Waals surface area contributed by atoms with E-state index >= 15 is 0 Å². The largest absolute Gasteiger partial charge is 0.508 e. The third-order valence-electron chi connectivity index (χ3n) is 4.94. The minimum absolute atomic E-state index is 0.0126. The maximum Gasteiger partial charge on any atom is 0.347 e. The molecule has 4 rings (SSSR count). The lowest BCUT2D eigenvalue weighted by molar-refractivity contribution is -0.149. The van der Waals surface area contributed by atoms with Gasteiger partial charge in [0.15, 0.2) is 0 Å². The van der Waals surface area contributed by atoms with Crippen LogP contribution in [-0.2, 0) is 25.5 Å². The zero-order chi connectivity index (χ0) is 19.3. The number of benzene rings is 2. The van der Waals surface area contributed by atoms with Crippen LogP contribution >= 0.6 is 0 Å². The molecule has 0 amide bonds. The fraction of sp³-hybridized carbons (Fsp3) is 0.238. The van der Waals surface area contributed by atoms with Gasteiger partial charge >= 0.3 is 11.9 Å². The number of aromatic hydroxyl groups is 2. The highest BCUT2D eigenvalue weighted by Crippen LogP contribution is 2.40. The first kappa shape index (κ1) is 17.3. The van der Waals surface area contributed by atoms with Crippen molar-refractivity contribution in [1.82, 2.24) is 0 Å². The predicted octanol–water partition coefficient (Wildman–Crippen LogP) is 2.81. The van der Waals surface area contributed by atoms with Crippen LogP contribution in [0, 0.1) is 0 Å². The first-order chi connectivity index (χ1) is 12.8. The Labute approximate surface area is 155 Å². The van der Waals surface area contributed by atoms with E-state index in [0.717, 1.165) is 0 Å². The van der Waals surface area contributed by atoms with E-state index in [9.17, 15) is 19.8 Å². The summed E-state index contributed by atoms with van der Waals surface area (Å²) >= 11 is 0. The highest BCUT2D eigenvalue weighted by atomic mass is 16.6. The van der Waals surface area contributed by atoms with Gasteiger partial charge in [0.1, 0.15) is 11.5 Å². The Balaban J connectivity index is 1.78. The van der Waals surface area contributed by atoms with Gasteiger partial charge in [0.25, 0.3) is 0 Å². The van der Waals surface area contributed by atoms with Crippen LogP contribution in [0.15, 0.2) is 42.5 Å². The second kappa shape index (κ2) is 5.96. The molecule has 2 aromatic rings. The van der Waals surface area contributed by atoms with Crippen molar-refractivity contribution in [3.05, 3.63) is 59.2 Å². The van der Waals surface area contributed by atoms with Gasteiger partial charge in [0.05, 0.1) is 22.9 Å². The van der Waals surface area contributed by atoms with Gasteiger partial charge in [0, 0.05) is 6.42 Å². The lowest BCUT2D eigenvalue weighted by Gasteiger charge is -2.08. The molecular weight excluding hydrogens is 348 g/mol. The summed E-state index contributed by atoms with van der Waals surface area (Å²) in [6.07, 6.45) is 0.485. The van der Waals surface area contributed by atoms with Crippen molar-refractivity contribution in [2.24, 2.45) is 0 Å². The average molecular weight is 366 g/mol. The molecule has 2 aliphatic heterocycles. The summed E-state index contributed by atoms with van der Waals surface area (Å²) in [7, 11) is 0. The summed E-state index contributed by atoms with van der Waals surface area (Å²) in [5.74, 6) is -1.31. The van der Waals surface area contributed by atoms with Crippen LogP contribution in [-0.4, -0.2) is 33.9 Å². The van der Waals surface area contributed by atoms with Crippen molar-refractivity contribution >= 4 is 23.1 Å². The fourth-order valence-electron chi connectivity index (χ4n) is 3.27. The van der Waals surface area contributed by atoms with E-state index in [2.05, 4.69) is 0 Å². The minimum atomic E-state index is -0.734. The first-order valence-electron chi connectivity index (χ1n) is 8.56. The molecule has 27 heavy (non-hydrogen) atoms. The Kier molecular flexibility index (Phi) is 3.82. The summed E-state index contributed by atoms with van der Waals surface area (Å²) in [5.41, 5.74) is 1.64. The molecule has 2 N–H and O–H groups in total. The molecule has 0 bridgehead atoms. The van der Waals surface area contributed by atoms with Crippen molar-refractivity contribution in [1.29, 1.82) is 0 Å². The zero-order valence-corrected chi connectivity index (χ0v) is 14.9. The quantitative estimate of drug-likeness (QED) is 0.491. The summed E-state index contributed by atoms with van der Waals surface area (Å²) in [4.78, 5) is 24.6. The maximum atomic E-state index is 12.3. The molecule has 2 aliphatic rings. The summed E-state index contributed by atoms with van der Waals surface area (Å²) in [6, 6.07) is 10.7.